The van der Waals surface area contributed by atoms with E-state index in [9.17, 15) is 8.60 Å². The van der Waals surface area contributed by atoms with Crippen LogP contribution in [0.5, 0.6) is 5.75 Å². The molecular weight excluding hydrogens is 253 g/mol. The first kappa shape index (κ1) is 12.1. The summed E-state index contributed by atoms with van der Waals surface area (Å²) in [4.78, 5) is 0. The minimum Gasteiger partial charge on any atom is -0.489 e. The summed E-state index contributed by atoms with van der Waals surface area (Å²) in [6, 6.07) is 4.57. The third-order valence-electron chi connectivity index (χ3n) is 3.42. The molecule has 0 radical (unpaired) electrons. The number of halogens is 1. The summed E-state index contributed by atoms with van der Waals surface area (Å²) in [6.45, 7) is 1.95. The Bertz CT molecular complexity index is 476. The molecule has 18 heavy (non-hydrogen) atoms. The van der Waals surface area contributed by atoms with E-state index in [0.717, 1.165) is 30.2 Å². The van der Waals surface area contributed by atoms with Crippen molar-refractivity contribution in [3.63, 3.8) is 0 Å². The molecule has 2 heterocycles. The Hall–Kier alpha value is -0.940. The topological polar surface area (TPSA) is 38.3 Å². The maximum Gasteiger partial charge on any atom is 0.123 e. The van der Waals surface area contributed by atoms with Crippen molar-refractivity contribution in [1.29, 1.82) is 0 Å². The van der Waals surface area contributed by atoms with Crippen LogP contribution in [0, 0.1) is 11.7 Å². The van der Waals surface area contributed by atoms with Crippen LogP contribution in [0.25, 0.3) is 0 Å². The van der Waals surface area contributed by atoms with E-state index < -0.39 is 10.8 Å². The molecule has 3 nitrogen and oxygen atoms in total. The van der Waals surface area contributed by atoms with Crippen LogP contribution < -0.4 is 10.1 Å². The second-order valence-corrected chi connectivity index (χ2v) is 6.54. The number of fused-ring (bicyclic) bond motifs is 1. The molecule has 0 bridgehead atoms. The molecule has 0 spiro atoms. The lowest BCUT2D eigenvalue weighted by atomic mass is 10.1. The van der Waals surface area contributed by atoms with Gasteiger partial charge in [0.15, 0.2) is 0 Å². The van der Waals surface area contributed by atoms with Crippen LogP contribution in [0.1, 0.15) is 5.56 Å². The van der Waals surface area contributed by atoms with E-state index in [4.69, 9.17) is 4.74 Å². The first-order chi connectivity index (χ1) is 8.70. The molecule has 0 saturated carbocycles. The van der Waals surface area contributed by atoms with E-state index in [1.807, 2.05) is 0 Å². The highest BCUT2D eigenvalue weighted by Crippen LogP contribution is 2.29. The Balaban J connectivity index is 1.55. The maximum absolute atomic E-state index is 13.1. The average Bonchev–Trinajstić information content (AvgIpc) is 2.65. The molecular formula is C13H16FNO2S. The smallest absolute Gasteiger partial charge is 0.123 e. The Morgan fingerprint density at radius 3 is 2.94 bits per heavy atom. The van der Waals surface area contributed by atoms with E-state index in [2.05, 4.69) is 5.32 Å². The quantitative estimate of drug-likeness (QED) is 0.889. The predicted octanol–water partition coefficient (Wildman–Crippen LogP) is 1.10. The normalized spacial score (nSPS) is 24.2. The van der Waals surface area contributed by atoms with Crippen LogP contribution in [0.4, 0.5) is 4.39 Å². The van der Waals surface area contributed by atoms with Crippen LogP contribution >= 0.6 is 0 Å². The summed E-state index contributed by atoms with van der Waals surface area (Å²) in [5.74, 6) is 2.35. The fourth-order valence-corrected chi connectivity index (χ4v) is 3.88. The first-order valence-corrected chi connectivity index (χ1v) is 7.70. The van der Waals surface area contributed by atoms with Crippen LogP contribution in [0.15, 0.2) is 18.2 Å². The third-order valence-corrected chi connectivity index (χ3v) is 5.01. The zero-order valence-corrected chi connectivity index (χ0v) is 10.8. The molecule has 1 fully saturated rings. The Kier molecular flexibility index (Phi) is 3.35. The number of hydrogen-bond acceptors (Lipinski definition) is 3. The lowest BCUT2D eigenvalue weighted by Gasteiger charge is -2.26. The molecule has 1 aromatic carbocycles. The monoisotopic (exact) mass is 269 g/mol. The van der Waals surface area contributed by atoms with E-state index >= 15 is 0 Å². The lowest BCUT2D eigenvalue weighted by Crippen LogP contribution is -2.45. The Morgan fingerprint density at radius 1 is 1.39 bits per heavy atom. The van der Waals surface area contributed by atoms with Gasteiger partial charge in [-0.3, -0.25) is 4.21 Å². The van der Waals surface area contributed by atoms with Gasteiger partial charge in [-0.05, 0) is 24.1 Å². The number of benzene rings is 1. The van der Waals surface area contributed by atoms with Gasteiger partial charge in [-0.2, -0.15) is 0 Å². The minimum absolute atomic E-state index is 0.0596. The number of ether oxygens (including phenoxy) is 1. The third kappa shape index (κ3) is 2.57. The minimum atomic E-state index is -0.841. The molecule has 2 atom stereocenters. The molecule has 98 valence electrons. The molecule has 2 aliphatic rings. The fraction of sp³-hybridized carbons (Fsp3) is 0.538. The van der Waals surface area contributed by atoms with E-state index in [-0.39, 0.29) is 11.9 Å². The van der Waals surface area contributed by atoms with Crippen LogP contribution in [-0.2, 0) is 17.2 Å². The highest BCUT2D eigenvalue weighted by molar-refractivity contribution is 7.85. The van der Waals surface area contributed by atoms with Gasteiger partial charge in [0.25, 0.3) is 0 Å². The molecule has 1 aromatic rings. The van der Waals surface area contributed by atoms with E-state index in [0.29, 0.717) is 18.1 Å². The number of hydrogen-bond donors (Lipinski definition) is 1. The zero-order chi connectivity index (χ0) is 12.5. The van der Waals surface area contributed by atoms with Crippen LogP contribution in [-0.4, -0.2) is 34.9 Å². The lowest BCUT2D eigenvalue weighted by molar-refractivity contribution is 0.257. The molecule has 1 N–H and O–H groups in total. The van der Waals surface area contributed by atoms with Gasteiger partial charge in [0.05, 0.1) is 5.75 Å². The van der Waals surface area contributed by atoms with Crippen molar-refractivity contribution in [2.24, 2.45) is 5.92 Å². The van der Waals surface area contributed by atoms with Crippen molar-refractivity contribution in [2.45, 2.75) is 12.5 Å². The fourth-order valence-electron chi connectivity index (χ4n) is 2.39. The highest BCUT2D eigenvalue weighted by atomic mass is 32.2. The standard InChI is InChI=1S/C13H16FNO2S/c14-11-1-2-13-10(3-11)4-12(17-13)8-18(16)7-9-5-15-6-9/h1-3,9,12,15H,4-8H2. The van der Waals surface area contributed by atoms with E-state index in [1.54, 1.807) is 6.07 Å². The largest absolute Gasteiger partial charge is 0.489 e. The predicted molar refractivity (Wildman–Crippen MR) is 68.8 cm³/mol. The first-order valence-electron chi connectivity index (χ1n) is 6.21. The van der Waals surface area contributed by atoms with Crippen molar-refractivity contribution >= 4 is 10.8 Å². The summed E-state index contributed by atoms with van der Waals surface area (Å²) >= 11 is 0. The SMILES string of the molecule is O=S(CC1CNC1)CC1Cc2cc(F)ccc2O1. The zero-order valence-electron chi connectivity index (χ0n) is 10.0. The summed E-state index contributed by atoms with van der Waals surface area (Å²) in [5, 5.41) is 3.17. The van der Waals surface area contributed by atoms with Gasteiger partial charge in [0, 0.05) is 41.6 Å². The second-order valence-electron chi connectivity index (χ2n) is 4.99. The van der Waals surface area contributed by atoms with Crippen molar-refractivity contribution in [3.8, 4) is 5.75 Å². The summed E-state index contributed by atoms with van der Waals surface area (Å²) < 4.78 is 30.7. The Morgan fingerprint density at radius 2 is 2.22 bits per heavy atom. The highest BCUT2D eigenvalue weighted by Gasteiger charge is 2.27. The molecule has 0 aliphatic carbocycles. The van der Waals surface area contributed by atoms with Gasteiger partial charge in [-0.1, -0.05) is 0 Å². The molecule has 2 aliphatic heterocycles. The molecule has 1 saturated heterocycles. The molecule has 2 unspecified atom stereocenters. The average molecular weight is 269 g/mol. The van der Waals surface area contributed by atoms with Gasteiger partial charge in [-0.25, -0.2) is 4.39 Å². The van der Waals surface area contributed by atoms with Crippen LogP contribution in [0.3, 0.4) is 0 Å². The second kappa shape index (κ2) is 4.97. The molecule has 0 amide bonds. The van der Waals surface area contributed by atoms with Gasteiger partial charge >= 0.3 is 0 Å². The summed E-state index contributed by atoms with van der Waals surface area (Å²) in [5.41, 5.74) is 0.891. The van der Waals surface area contributed by atoms with Crippen molar-refractivity contribution in [2.75, 3.05) is 24.6 Å². The Labute approximate surface area is 108 Å². The van der Waals surface area contributed by atoms with Crippen molar-refractivity contribution in [1.82, 2.24) is 5.32 Å². The van der Waals surface area contributed by atoms with Gasteiger partial charge in [0.1, 0.15) is 17.7 Å². The molecule has 3 rings (SSSR count). The number of nitrogens with one attached hydrogen (secondary N) is 1. The van der Waals surface area contributed by atoms with Crippen molar-refractivity contribution < 1.29 is 13.3 Å². The summed E-state index contributed by atoms with van der Waals surface area (Å²) in [7, 11) is -0.841. The van der Waals surface area contributed by atoms with Gasteiger partial charge < -0.3 is 10.1 Å². The summed E-state index contributed by atoms with van der Waals surface area (Å²) in [6.07, 6.45) is 0.609. The van der Waals surface area contributed by atoms with Gasteiger partial charge in [0.2, 0.25) is 0 Å². The maximum atomic E-state index is 13.1. The van der Waals surface area contributed by atoms with Crippen molar-refractivity contribution in [3.05, 3.63) is 29.6 Å². The number of rotatable bonds is 4. The van der Waals surface area contributed by atoms with E-state index in [1.165, 1.54) is 12.1 Å². The van der Waals surface area contributed by atoms with Crippen LogP contribution in [0.2, 0.25) is 0 Å². The van der Waals surface area contributed by atoms with Gasteiger partial charge in [-0.15, -0.1) is 0 Å². The molecule has 0 aromatic heterocycles. The molecule has 5 heteroatoms.